The molecule has 98 valence electrons. The van der Waals surface area contributed by atoms with Crippen molar-refractivity contribution in [2.45, 2.75) is 31.2 Å². The maximum absolute atomic E-state index is 6.40. The first-order chi connectivity index (χ1) is 8.17. The fourth-order valence-corrected chi connectivity index (χ4v) is 3.41. The Morgan fingerprint density at radius 2 is 2.11 bits per heavy atom. The van der Waals surface area contributed by atoms with Crippen LogP contribution in [0.15, 0.2) is 17.8 Å². The van der Waals surface area contributed by atoms with Crippen LogP contribution in [0.2, 0.25) is 0 Å². The van der Waals surface area contributed by atoms with Crippen molar-refractivity contribution >= 4 is 23.7 Å². The van der Waals surface area contributed by atoms with Crippen LogP contribution in [0.3, 0.4) is 0 Å². The van der Waals surface area contributed by atoms with Crippen molar-refractivity contribution in [3.8, 4) is 11.3 Å². The molecule has 1 aliphatic carbocycles. The summed E-state index contributed by atoms with van der Waals surface area (Å²) in [7, 11) is 1.91. The number of thiazole rings is 1. The molecule has 1 fully saturated rings. The smallest absolute Gasteiger partial charge is 0.113 e. The number of nitrogens with two attached hydrogens (primary N) is 1. The Morgan fingerprint density at radius 1 is 1.39 bits per heavy atom. The van der Waals surface area contributed by atoms with Gasteiger partial charge in [-0.05, 0) is 12.8 Å². The van der Waals surface area contributed by atoms with E-state index < -0.39 is 0 Å². The Bertz CT molecular complexity index is 528. The average molecular weight is 285 g/mol. The van der Waals surface area contributed by atoms with Crippen molar-refractivity contribution < 1.29 is 0 Å². The lowest BCUT2D eigenvalue weighted by atomic mass is 10.0. The van der Waals surface area contributed by atoms with Gasteiger partial charge in [0, 0.05) is 24.2 Å². The predicted octanol–water partition coefficient (Wildman–Crippen LogP) is 2.69. The van der Waals surface area contributed by atoms with Crippen molar-refractivity contribution in [1.82, 2.24) is 14.8 Å². The van der Waals surface area contributed by atoms with Crippen molar-refractivity contribution in [3.63, 3.8) is 0 Å². The van der Waals surface area contributed by atoms with Gasteiger partial charge in [-0.25, -0.2) is 4.98 Å². The Labute approximate surface area is 117 Å². The Balaban J connectivity index is 0.00000120. The molecule has 0 unspecified atom stereocenters. The third-order valence-electron chi connectivity index (χ3n) is 3.43. The van der Waals surface area contributed by atoms with Gasteiger partial charge in [0.1, 0.15) is 5.01 Å². The summed E-state index contributed by atoms with van der Waals surface area (Å²) in [4.78, 5) is 4.69. The Morgan fingerprint density at radius 3 is 2.72 bits per heavy atom. The number of rotatable bonds is 2. The SMILES string of the molecule is Cl.Cn1cc(-c2csc(C3(N)CCCC3)n2)cn1. The topological polar surface area (TPSA) is 56.7 Å². The quantitative estimate of drug-likeness (QED) is 0.922. The normalized spacial score (nSPS) is 17.7. The van der Waals surface area contributed by atoms with Crippen LogP contribution in [0.5, 0.6) is 0 Å². The highest BCUT2D eigenvalue weighted by molar-refractivity contribution is 7.10. The summed E-state index contributed by atoms with van der Waals surface area (Å²) in [6.45, 7) is 0. The van der Waals surface area contributed by atoms with Crippen LogP contribution in [-0.4, -0.2) is 14.8 Å². The van der Waals surface area contributed by atoms with E-state index in [2.05, 4.69) is 15.5 Å². The molecule has 0 atom stereocenters. The highest BCUT2D eigenvalue weighted by atomic mass is 35.5. The van der Waals surface area contributed by atoms with Gasteiger partial charge in [-0.1, -0.05) is 12.8 Å². The lowest BCUT2D eigenvalue weighted by Crippen LogP contribution is -2.32. The van der Waals surface area contributed by atoms with E-state index in [1.165, 1.54) is 12.8 Å². The summed E-state index contributed by atoms with van der Waals surface area (Å²) in [5, 5.41) is 7.33. The van der Waals surface area contributed by atoms with Crippen LogP contribution in [0.25, 0.3) is 11.3 Å². The summed E-state index contributed by atoms with van der Waals surface area (Å²) < 4.78 is 1.79. The molecule has 1 aliphatic rings. The molecule has 6 heteroatoms. The molecular formula is C12H17ClN4S. The number of hydrogen-bond acceptors (Lipinski definition) is 4. The van der Waals surface area contributed by atoms with Crippen LogP contribution in [0.4, 0.5) is 0 Å². The van der Waals surface area contributed by atoms with E-state index in [0.29, 0.717) is 0 Å². The lowest BCUT2D eigenvalue weighted by Gasteiger charge is -2.19. The third kappa shape index (κ3) is 2.30. The minimum atomic E-state index is -0.175. The van der Waals surface area contributed by atoms with E-state index in [4.69, 9.17) is 5.73 Å². The molecule has 1 saturated carbocycles. The van der Waals surface area contributed by atoms with Crippen molar-refractivity contribution in [2.75, 3.05) is 0 Å². The van der Waals surface area contributed by atoms with Crippen LogP contribution in [-0.2, 0) is 12.6 Å². The molecule has 3 rings (SSSR count). The zero-order valence-electron chi connectivity index (χ0n) is 10.3. The minimum absolute atomic E-state index is 0. The molecule has 2 aromatic heterocycles. The lowest BCUT2D eigenvalue weighted by molar-refractivity contribution is 0.459. The first kappa shape index (κ1) is 13.5. The van der Waals surface area contributed by atoms with E-state index >= 15 is 0 Å². The molecule has 0 spiro atoms. The van der Waals surface area contributed by atoms with E-state index in [1.807, 2.05) is 19.4 Å². The second-order valence-corrected chi connectivity index (χ2v) is 5.66. The van der Waals surface area contributed by atoms with Gasteiger partial charge in [-0.15, -0.1) is 23.7 Å². The number of halogens is 1. The summed E-state index contributed by atoms with van der Waals surface area (Å²) in [5.41, 5.74) is 8.29. The van der Waals surface area contributed by atoms with Crippen LogP contribution in [0.1, 0.15) is 30.7 Å². The Kier molecular flexibility index (Phi) is 3.75. The standard InChI is InChI=1S/C12H16N4S.ClH/c1-16-7-9(6-14-16)10-8-17-11(15-10)12(13)4-2-3-5-12;/h6-8H,2-5,13H2,1H3;1H. The van der Waals surface area contributed by atoms with Gasteiger partial charge in [-0.2, -0.15) is 5.10 Å². The van der Waals surface area contributed by atoms with E-state index in [9.17, 15) is 0 Å². The third-order valence-corrected chi connectivity index (χ3v) is 4.49. The number of aryl methyl sites for hydroxylation is 1. The van der Waals surface area contributed by atoms with Crippen molar-refractivity contribution in [3.05, 3.63) is 22.8 Å². The maximum atomic E-state index is 6.40. The summed E-state index contributed by atoms with van der Waals surface area (Å²) >= 11 is 1.68. The number of aromatic nitrogens is 3. The predicted molar refractivity (Wildman–Crippen MR) is 75.9 cm³/mol. The van der Waals surface area contributed by atoms with E-state index in [-0.39, 0.29) is 17.9 Å². The van der Waals surface area contributed by atoms with Gasteiger partial charge in [0.15, 0.2) is 0 Å². The largest absolute Gasteiger partial charge is 0.319 e. The fraction of sp³-hybridized carbons (Fsp3) is 0.500. The summed E-state index contributed by atoms with van der Waals surface area (Å²) in [6, 6.07) is 0. The molecule has 18 heavy (non-hydrogen) atoms. The number of hydrogen-bond donors (Lipinski definition) is 1. The van der Waals surface area contributed by atoms with Crippen LogP contribution >= 0.6 is 23.7 Å². The second kappa shape index (κ2) is 4.99. The highest BCUT2D eigenvalue weighted by Crippen LogP contribution is 2.38. The first-order valence-corrected chi connectivity index (χ1v) is 6.79. The van der Waals surface area contributed by atoms with Gasteiger partial charge in [-0.3, -0.25) is 4.68 Å². The van der Waals surface area contributed by atoms with Gasteiger partial charge in [0.25, 0.3) is 0 Å². The maximum Gasteiger partial charge on any atom is 0.113 e. The first-order valence-electron chi connectivity index (χ1n) is 5.91. The molecule has 0 radical (unpaired) electrons. The molecule has 2 heterocycles. The minimum Gasteiger partial charge on any atom is -0.319 e. The Hall–Kier alpha value is -0.910. The van der Waals surface area contributed by atoms with Gasteiger partial charge < -0.3 is 5.73 Å². The molecule has 4 nitrogen and oxygen atoms in total. The monoisotopic (exact) mass is 284 g/mol. The molecule has 0 aromatic carbocycles. The molecule has 0 amide bonds. The fourth-order valence-electron chi connectivity index (χ4n) is 2.41. The molecule has 0 aliphatic heterocycles. The molecule has 0 saturated heterocycles. The zero-order chi connectivity index (χ0) is 11.9. The van der Waals surface area contributed by atoms with E-state index in [0.717, 1.165) is 29.1 Å². The summed E-state index contributed by atoms with van der Waals surface area (Å²) in [6.07, 6.45) is 8.39. The molecule has 0 bridgehead atoms. The molecule has 2 N–H and O–H groups in total. The molecular weight excluding hydrogens is 268 g/mol. The van der Waals surface area contributed by atoms with Crippen LogP contribution < -0.4 is 5.73 Å². The summed E-state index contributed by atoms with van der Waals surface area (Å²) in [5.74, 6) is 0. The van der Waals surface area contributed by atoms with Gasteiger partial charge >= 0.3 is 0 Å². The second-order valence-electron chi connectivity index (χ2n) is 4.80. The zero-order valence-corrected chi connectivity index (χ0v) is 11.9. The van der Waals surface area contributed by atoms with E-state index in [1.54, 1.807) is 16.0 Å². The van der Waals surface area contributed by atoms with Crippen molar-refractivity contribution in [1.29, 1.82) is 0 Å². The molecule has 2 aromatic rings. The average Bonchev–Trinajstić information content (AvgIpc) is 2.96. The van der Waals surface area contributed by atoms with Crippen molar-refractivity contribution in [2.24, 2.45) is 12.8 Å². The number of nitrogens with zero attached hydrogens (tertiary/aromatic N) is 3. The highest BCUT2D eigenvalue weighted by Gasteiger charge is 2.34. The van der Waals surface area contributed by atoms with Crippen LogP contribution in [0, 0.1) is 0 Å². The van der Waals surface area contributed by atoms with Gasteiger partial charge in [0.2, 0.25) is 0 Å². The van der Waals surface area contributed by atoms with Gasteiger partial charge in [0.05, 0.1) is 17.4 Å².